The number of aliphatic hydroxyl groups excluding tert-OH is 1. The van der Waals surface area contributed by atoms with Gasteiger partial charge in [0.05, 0.1) is 33.8 Å². The lowest BCUT2D eigenvalue weighted by Crippen LogP contribution is -2.35. The van der Waals surface area contributed by atoms with E-state index in [4.69, 9.17) is 9.97 Å². The highest BCUT2D eigenvalue weighted by atomic mass is 32.1. The Morgan fingerprint density at radius 1 is 1.09 bits per heavy atom. The fourth-order valence-corrected chi connectivity index (χ4v) is 6.42. The van der Waals surface area contributed by atoms with Gasteiger partial charge in [0, 0.05) is 17.0 Å². The molecule has 1 unspecified atom stereocenters. The zero-order chi connectivity index (χ0) is 21.7. The number of benzene rings is 2. The topological polar surface area (TPSA) is 73.8 Å². The molecule has 6 heteroatoms. The maximum atomic E-state index is 10.7. The molecule has 4 aromatic rings. The van der Waals surface area contributed by atoms with Crippen LogP contribution in [-0.4, -0.2) is 32.1 Å². The monoisotopic (exact) mass is 444 g/mol. The van der Waals surface area contributed by atoms with Crippen LogP contribution >= 0.6 is 11.3 Å². The number of nitrogens with zero attached hydrogens (tertiary/aromatic N) is 2. The van der Waals surface area contributed by atoms with Crippen molar-refractivity contribution in [2.75, 3.05) is 0 Å². The van der Waals surface area contributed by atoms with Gasteiger partial charge in [-0.25, -0.2) is 9.97 Å². The van der Waals surface area contributed by atoms with Crippen LogP contribution in [0, 0.1) is 6.92 Å². The van der Waals surface area contributed by atoms with Gasteiger partial charge in [-0.3, -0.25) is 0 Å². The summed E-state index contributed by atoms with van der Waals surface area (Å²) in [5, 5.41) is 15.6. The van der Waals surface area contributed by atoms with Crippen LogP contribution in [0.5, 0.6) is 0 Å². The van der Waals surface area contributed by atoms with Crippen LogP contribution in [0.15, 0.2) is 48.5 Å². The fraction of sp³-hybridized carbons (Fsp3) is 0.385. The molecule has 0 amide bonds. The highest BCUT2D eigenvalue weighted by molar-refractivity contribution is 7.11. The van der Waals surface area contributed by atoms with Gasteiger partial charge in [-0.2, -0.15) is 0 Å². The number of hydrogen-bond acceptors (Lipinski definition) is 5. The Morgan fingerprint density at radius 3 is 2.84 bits per heavy atom. The molecule has 164 valence electrons. The first-order valence-electron chi connectivity index (χ1n) is 11.6. The summed E-state index contributed by atoms with van der Waals surface area (Å²) in [4.78, 5) is 14.7. The van der Waals surface area contributed by atoms with Gasteiger partial charge in [-0.1, -0.05) is 36.4 Å². The molecule has 0 saturated carbocycles. The van der Waals surface area contributed by atoms with E-state index in [0.29, 0.717) is 12.0 Å². The van der Waals surface area contributed by atoms with E-state index in [2.05, 4.69) is 35.4 Å². The summed E-state index contributed by atoms with van der Waals surface area (Å²) < 4.78 is 0. The minimum atomic E-state index is -0.454. The van der Waals surface area contributed by atoms with E-state index in [1.807, 2.05) is 41.7 Å². The third kappa shape index (κ3) is 3.66. The highest BCUT2D eigenvalue weighted by Crippen LogP contribution is 2.39. The summed E-state index contributed by atoms with van der Waals surface area (Å²) >= 11 is 1.83. The molecule has 0 bridgehead atoms. The normalized spacial score (nSPS) is 23.6. The van der Waals surface area contributed by atoms with E-state index < -0.39 is 6.10 Å². The molecule has 1 aliphatic carbocycles. The average Bonchev–Trinajstić information content (AvgIpc) is 3.57. The van der Waals surface area contributed by atoms with Gasteiger partial charge in [0.25, 0.3) is 0 Å². The second-order valence-corrected chi connectivity index (χ2v) is 10.5. The average molecular weight is 445 g/mol. The minimum Gasteiger partial charge on any atom is -0.387 e. The second kappa shape index (κ2) is 8.10. The van der Waals surface area contributed by atoms with E-state index in [-0.39, 0.29) is 6.04 Å². The van der Waals surface area contributed by atoms with Crippen LogP contribution in [0.3, 0.4) is 0 Å². The van der Waals surface area contributed by atoms with Gasteiger partial charge in [-0.15, -0.1) is 11.3 Å². The molecule has 2 aromatic heterocycles. The first-order chi connectivity index (χ1) is 15.6. The number of aromatic nitrogens is 3. The van der Waals surface area contributed by atoms with E-state index in [0.717, 1.165) is 59.5 Å². The number of imidazole rings is 1. The molecule has 1 fully saturated rings. The summed E-state index contributed by atoms with van der Waals surface area (Å²) in [7, 11) is 0. The predicted octanol–water partition coefficient (Wildman–Crippen LogP) is 4.80. The van der Waals surface area contributed by atoms with E-state index in [9.17, 15) is 5.11 Å². The molecule has 5 nitrogen and oxygen atoms in total. The number of H-pyrrole nitrogens is 1. The quantitative estimate of drug-likeness (QED) is 0.413. The van der Waals surface area contributed by atoms with Gasteiger partial charge < -0.3 is 15.4 Å². The molecule has 32 heavy (non-hydrogen) atoms. The second-order valence-electron chi connectivity index (χ2n) is 9.21. The van der Waals surface area contributed by atoms with Crippen LogP contribution in [-0.2, 0) is 12.8 Å². The van der Waals surface area contributed by atoms with E-state index in [1.54, 1.807) is 0 Å². The van der Waals surface area contributed by atoms with Gasteiger partial charge in [-0.05, 0) is 62.3 Å². The van der Waals surface area contributed by atoms with E-state index >= 15 is 0 Å². The number of aryl methyl sites for hydroxylation is 2. The summed E-state index contributed by atoms with van der Waals surface area (Å²) in [6.07, 6.45) is 4.78. The van der Waals surface area contributed by atoms with Crippen LogP contribution in [0.1, 0.15) is 63.8 Å². The Hall–Kier alpha value is -2.54. The number of thiazole rings is 1. The summed E-state index contributed by atoms with van der Waals surface area (Å²) in [6.45, 7) is 2.09. The molecule has 1 aliphatic heterocycles. The zero-order valence-corrected chi connectivity index (χ0v) is 19.0. The molecule has 3 heterocycles. The summed E-state index contributed by atoms with van der Waals surface area (Å²) in [6, 6.07) is 17.0. The van der Waals surface area contributed by atoms with Crippen molar-refractivity contribution >= 4 is 22.4 Å². The molecule has 6 rings (SSSR count). The summed E-state index contributed by atoms with van der Waals surface area (Å²) in [5.74, 6) is 1.34. The first kappa shape index (κ1) is 20.1. The standard InChI is InChI=1S/C26H28N4OS/c1-15-27-24-19(9-12-23(24)32-15)26-29-20-10-7-16(14-22(20)30-26)13-18-8-11-21(28-18)25(31)17-5-3-2-4-6-17/h2-7,10,14,18-19,21,25,28,31H,8-9,11-13H2,1H3,(H,29,30)/t18-,19?,21+,25+/m0/s1. The number of nitrogens with one attached hydrogen (secondary N) is 2. The van der Waals surface area contributed by atoms with Crippen LogP contribution in [0.4, 0.5) is 0 Å². The molecule has 2 aromatic carbocycles. The maximum Gasteiger partial charge on any atom is 0.116 e. The maximum absolute atomic E-state index is 10.7. The Balaban J connectivity index is 1.16. The largest absolute Gasteiger partial charge is 0.387 e. The highest BCUT2D eigenvalue weighted by Gasteiger charge is 2.31. The third-order valence-electron chi connectivity index (χ3n) is 7.00. The SMILES string of the molecule is Cc1nc2c(s1)CCC2c1nc2ccc(C[C@@H]3CC[C@H]([C@H](O)c4ccccc4)N3)cc2[nH]1. The van der Waals surface area contributed by atoms with Gasteiger partial charge in [0.2, 0.25) is 0 Å². The molecule has 0 spiro atoms. The molecule has 0 radical (unpaired) electrons. The van der Waals surface area contributed by atoms with Crippen molar-refractivity contribution in [3.8, 4) is 0 Å². The number of aliphatic hydroxyl groups is 1. The molecule has 4 atom stereocenters. The Kier molecular flexibility index (Phi) is 5.09. The van der Waals surface area contributed by atoms with Gasteiger partial charge >= 0.3 is 0 Å². The van der Waals surface area contributed by atoms with E-state index in [1.165, 1.54) is 16.1 Å². The van der Waals surface area contributed by atoms with Crippen LogP contribution in [0.2, 0.25) is 0 Å². The third-order valence-corrected chi connectivity index (χ3v) is 8.05. The Labute approximate surface area is 191 Å². The Bertz CT molecular complexity index is 1250. The van der Waals surface area contributed by atoms with Crippen molar-refractivity contribution in [2.45, 2.75) is 63.1 Å². The lowest BCUT2D eigenvalue weighted by Gasteiger charge is -2.20. The molecule has 3 N–H and O–H groups in total. The minimum absolute atomic E-state index is 0.114. The summed E-state index contributed by atoms with van der Waals surface area (Å²) in [5.41, 5.74) is 5.65. The zero-order valence-electron chi connectivity index (χ0n) is 18.2. The molecule has 1 saturated heterocycles. The lowest BCUT2D eigenvalue weighted by molar-refractivity contribution is 0.135. The van der Waals surface area contributed by atoms with Crippen molar-refractivity contribution in [3.05, 3.63) is 81.1 Å². The van der Waals surface area contributed by atoms with Crippen LogP contribution in [0.25, 0.3) is 11.0 Å². The van der Waals surface area contributed by atoms with Crippen molar-refractivity contribution in [3.63, 3.8) is 0 Å². The number of aromatic amines is 1. The number of hydrogen-bond donors (Lipinski definition) is 3. The van der Waals surface area contributed by atoms with Crippen LogP contribution < -0.4 is 5.32 Å². The molecular weight excluding hydrogens is 416 g/mol. The smallest absolute Gasteiger partial charge is 0.116 e. The van der Waals surface area contributed by atoms with Crippen molar-refractivity contribution in [2.24, 2.45) is 0 Å². The van der Waals surface area contributed by atoms with Crippen molar-refractivity contribution < 1.29 is 5.11 Å². The van der Waals surface area contributed by atoms with Crippen molar-refractivity contribution in [1.29, 1.82) is 0 Å². The van der Waals surface area contributed by atoms with Crippen molar-refractivity contribution in [1.82, 2.24) is 20.3 Å². The number of fused-ring (bicyclic) bond motifs is 2. The molecular formula is C26H28N4OS. The number of rotatable bonds is 5. The Morgan fingerprint density at radius 2 is 1.97 bits per heavy atom. The molecule has 2 aliphatic rings. The van der Waals surface area contributed by atoms with Gasteiger partial charge in [0.15, 0.2) is 0 Å². The van der Waals surface area contributed by atoms with Gasteiger partial charge in [0.1, 0.15) is 5.82 Å². The fourth-order valence-electron chi connectivity index (χ4n) is 5.41. The lowest BCUT2D eigenvalue weighted by atomic mass is 10.0. The first-order valence-corrected chi connectivity index (χ1v) is 12.4. The predicted molar refractivity (Wildman–Crippen MR) is 128 cm³/mol.